The smallest absolute Gasteiger partial charge is 0.250 e. The molecular weight excluding hydrogens is 352 g/mol. The number of anilines is 1. The molecule has 6 nitrogen and oxygen atoms in total. The highest BCUT2D eigenvalue weighted by Crippen LogP contribution is 2.13. The average molecular weight is 372 g/mol. The van der Waals surface area contributed by atoms with Gasteiger partial charge in [0.2, 0.25) is 5.91 Å². The molecule has 28 heavy (non-hydrogen) atoms. The van der Waals surface area contributed by atoms with Crippen molar-refractivity contribution in [2.24, 2.45) is 0 Å². The Morgan fingerprint density at radius 2 is 1.79 bits per heavy atom. The molecule has 0 atom stereocenters. The molecule has 2 aromatic carbocycles. The third kappa shape index (κ3) is 4.17. The number of carbonyl (C=O) groups is 1. The molecule has 1 amide bonds. The largest absolute Gasteiger partial charge is 0.342 e. The lowest BCUT2D eigenvalue weighted by atomic mass is 10.2. The van der Waals surface area contributed by atoms with Gasteiger partial charge in [-0.1, -0.05) is 30.3 Å². The number of rotatable bonds is 6. The van der Waals surface area contributed by atoms with Crippen LogP contribution in [0.3, 0.4) is 0 Å². The van der Waals surface area contributed by atoms with Crippen LogP contribution < -0.4 is 10.9 Å². The minimum atomic E-state index is -0.0625. The van der Waals surface area contributed by atoms with Crippen LogP contribution in [0.25, 0.3) is 11.0 Å². The zero-order valence-corrected chi connectivity index (χ0v) is 15.3. The van der Waals surface area contributed by atoms with E-state index in [9.17, 15) is 9.59 Å². The van der Waals surface area contributed by atoms with E-state index < -0.39 is 0 Å². The Hall–Kier alpha value is -3.67. The van der Waals surface area contributed by atoms with E-state index in [1.165, 1.54) is 6.07 Å². The number of benzene rings is 2. The predicted molar refractivity (Wildman–Crippen MR) is 109 cm³/mol. The van der Waals surface area contributed by atoms with Crippen LogP contribution in [0.4, 0.5) is 5.69 Å². The van der Waals surface area contributed by atoms with Crippen molar-refractivity contribution in [1.29, 1.82) is 0 Å². The Morgan fingerprint density at radius 1 is 1.00 bits per heavy atom. The van der Waals surface area contributed by atoms with Gasteiger partial charge in [0.05, 0.1) is 17.6 Å². The number of hydrogen-bond acceptors (Lipinski definition) is 3. The SMILES string of the molecule is O=C(CCc1nc2ccccc2[nH]1)Nc1ccc(Cn2ccccc2=O)cc1. The third-order valence-corrected chi connectivity index (χ3v) is 4.52. The lowest BCUT2D eigenvalue weighted by Crippen LogP contribution is -2.18. The van der Waals surface area contributed by atoms with Crippen molar-refractivity contribution in [2.45, 2.75) is 19.4 Å². The second-order valence-electron chi connectivity index (χ2n) is 6.61. The molecule has 0 spiro atoms. The summed E-state index contributed by atoms with van der Waals surface area (Å²) >= 11 is 0. The summed E-state index contributed by atoms with van der Waals surface area (Å²) < 4.78 is 1.64. The molecule has 0 saturated carbocycles. The molecule has 0 radical (unpaired) electrons. The van der Waals surface area contributed by atoms with E-state index in [0.717, 1.165) is 28.1 Å². The van der Waals surface area contributed by atoms with E-state index in [2.05, 4.69) is 15.3 Å². The fourth-order valence-electron chi connectivity index (χ4n) is 3.06. The monoisotopic (exact) mass is 372 g/mol. The fourth-order valence-corrected chi connectivity index (χ4v) is 3.06. The van der Waals surface area contributed by atoms with Crippen LogP contribution >= 0.6 is 0 Å². The zero-order chi connectivity index (χ0) is 19.3. The number of para-hydroxylation sites is 2. The van der Waals surface area contributed by atoms with E-state index in [1.807, 2.05) is 54.6 Å². The first kappa shape index (κ1) is 17.7. The lowest BCUT2D eigenvalue weighted by molar-refractivity contribution is -0.116. The molecule has 140 valence electrons. The maximum atomic E-state index is 12.2. The van der Waals surface area contributed by atoms with Gasteiger partial charge in [-0.05, 0) is 35.9 Å². The number of nitrogens with one attached hydrogen (secondary N) is 2. The van der Waals surface area contributed by atoms with Gasteiger partial charge >= 0.3 is 0 Å². The molecule has 0 unspecified atom stereocenters. The Morgan fingerprint density at radius 3 is 2.57 bits per heavy atom. The molecule has 4 rings (SSSR count). The number of aromatic nitrogens is 3. The number of fused-ring (bicyclic) bond motifs is 1. The van der Waals surface area contributed by atoms with Crippen LogP contribution in [0.15, 0.2) is 77.7 Å². The van der Waals surface area contributed by atoms with E-state index in [4.69, 9.17) is 0 Å². The number of aromatic amines is 1. The van der Waals surface area contributed by atoms with E-state index in [0.29, 0.717) is 19.4 Å². The second-order valence-corrected chi connectivity index (χ2v) is 6.61. The summed E-state index contributed by atoms with van der Waals surface area (Å²) in [6.45, 7) is 0.500. The molecule has 0 aliphatic heterocycles. The zero-order valence-electron chi connectivity index (χ0n) is 15.3. The molecule has 6 heteroatoms. The van der Waals surface area contributed by atoms with Gasteiger partial charge in [-0.2, -0.15) is 0 Å². The Balaban J connectivity index is 1.33. The number of pyridine rings is 1. The van der Waals surface area contributed by atoms with Gasteiger partial charge in [0, 0.05) is 30.8 Å². The predicted octanol–water partition coefficient (Wildman–Crippen LogP) is 3.34. The number of H-pyrrole nitrogens is 1. The van der Waals surface area contributed by atoms with Crippen molar-refractivity contribution in [2.75, 3.05) is 5.32 Å². The summed E-state index contributed by atoms with van der Waals surface area (Å²) in [5, 5.41) is 2.90. The van der Waals surface area contributed by atoms with Crippen LogP contribution in [0.2, 0.25) is 0 Å². The van der Waals surface area contributed by atoms with E-state index in [-0.39, 0.29) is 11.5 Å². The molecule has 0 saturated heterocycles. The Bertz CT molecular complexity index is 1130. The maximum Gasteiger partial charge on any atom is 0.250 e. The number of nitrogens with zero attached hydrogens (tertiary/aromatic N) is 2. The van der Waals surface area contributed by atoms with Crippen LogP contribution in [0.1, 0.15) is 17.8 Å². The van der Waals surface area contributed by atoms with Crippen LogP contribution in [0, 0.1) is 0 Å². The maximum absolute atomic E-state index is 12.2. The highest BCUT2D eigenvalue weighted by molar-refractivity contribution is 5.90. The number of amides is 1. The van der Waals surface area contributed by atoms with Gasteiger partial charge < -0.3 is 14.9 Å². The minimum absolute atomic E-state index is 0.0366. The molecule has 2 aromatic heterocycles. The summed E-state index contributed by atoms with van der Waals surface area (Å²) in [7, 11) is 0. The fraction of sp³-hybridized carbons (Fsp3) is 0.136. The summed E-state index contributed by atoms with van der Waals surface area (Å²) in [6, 6.07) is 20.4. The van der Waals surface area contributed by atoms with Gasteiger partial charge in [-0.3, -0.25) is 9.59 Å². The number of hydrogen-bond donors (Lipinski definition) is 2. The number of aryl methyl sites for hydroxylation is 1. The van der Waals surface area contributed by atoms with Crippen molar-refractivity contribution in [3.63, 3.8) is 0 Å². The summed E-state index contributed by atoms with van der Waals surface area (Å²) in [5.41, 5.74) is 3.58. The van der Waals surface area contributed by atoms with Gasteiger partial charge in [-0.25, -0.2) is 4.98 Å². The molecule has 0 aliphatic rings. The first-order chi connectivity index (χ1) is 13.7. The van der Waals surface area contributed by atoms with Crippen molar-refractivity contribution in [1.82, 2.24) is 14.5 Å². The normalized spacial score (nSPS) is 10.9. The quantitative estimate of drug-likeness (QED) is 0.545. The highest BCUT2D eigenvalue weighted by Gasteiger charge is 2.07. The van der Waals surface area contributed by atoms with E-state index in [1.54, 1.807) is 16.8 Å². The molecule has 4 aromatic rings. The summed E-state index contributed by atoms with van der Waals surface area (Å²) in [5.74, 6) is 0.743. The molecule has 0 fully saturated rings. The van der Waals surface area contributed by atoms with Crippen LogP contribution in [0.5, 0.6) is 0 Å². The second kappa shape index (κ2) is 7.92. The highest BCUT2D eigenvalue weighted by atomic mass is 16.1. The van der Waals surface area contributed by atoms with Gasteiger partial charge in [0.25, 0.3) is 5.56 Å². The van der Waals surface area contributed by atoms with Crippen LogP contribution in [-0.2, 0) is 17.8 Å². The molecule has 2 N–H and O–H groups in total. The van der Waals surface area contributed by atoms with Gasteiger partial charge in [0.1, 0.15) is 5.82 Å². The van der Waals surface area contributed by atoms with Crippen molar-refractivity contribution in [3.05, 3.63) is 94.7 Å². The summed E-state index contributed by atoms with van der Waals surface area (Å²) in [4.78, 5) is 31.7. The topological polar surface area (TPSA) is 79.8 Å². The lowest BCUT2D eigenvalue weighted by Gasteiger charge is -2.08. The molecule has 0 bridgehead atoms. The molecular formula is C22H20N4O2. The van der Waals surface area contributed by atoms with Crippen LogP contribution in [-0.4, -0.2) is 20.4 Å². The van der Waals surface area contributed by atoms with Gasteiger partial charge in [0.15, 0.2) is 0 Å². The van der Waals surface area contributed by atoms with E-state index >= 15 is 0 Å². The first-order valence-corrected chi connectivity index (χ1v) is 9.15. The van der Waals surface area contributed by atoms with Crippen molar-refractivity contribution < 1.29 is 4.79 Å². The Labute approximate surface area is 161 Å². The molecule has 0 aliphatic carbocycles. The van der Waals surface area contributed by atoms with Gasteiger partial charge in [-0.15, -0.1) is 0 Å². The first-order valence-electron chi connectivity index (χ1n) is 9.15. The Kier molecular flexibility index (Phi) is 5.01. The number of imidazole rings is 1. The standard InChI is InChI=1S/C22H20N4O2/c27-21(13-12-20-24-18-5-1-2-6-19(18)25-20)23-17-10-8-16(9-11-17)15-26-14-4-3-7-22(26)28/h1-11,14H,12-13,15H2,(H,23,27)(H,24,25). The average Bonchev–Trinajstić information content (AvgIpc) is 3.13. The van der Waals surface area contributed by atoms with Crippen molar-refractivity contribution in [3.8, 4) is 0 Å². The summed E-state index contributed by atoms with van der Waals surface area (Å²) in [6.07, 6.45) is 2.66. The third-order valence-electron chi connectivity index (χ3n) is 4.52. The molecule has 2 heterocycles. The number of carbonyl (C=O) groups excluding carboxylic acids is 1. The minimum Gasteiger partial charge on any atom is -0.342 e. The van der Waals surface area contributed by atoms with Crippen molar-refractivity contribution >= 4 is 22.6 Å².